The van der Waals surface area contributed by atoms with E-state index in [0.29, 0.717) is 5.41 Å². The summed E-state index contributed by atoms with van der Waals surface area (Å²) >= 11 is 0. The largest absolute Gasteiger partial charge is 2.00 e. The Labute approximate surface area is 129 Å². The van der Waals surface area contributed by atoms with Crippen molar-refractivity contribution in [2.75, 3.05) is 0 Å². The van der Waals surface area contributed by atoms with Crippen LogP contribution >= 0.6 is 0 Å². The van der Waals surface area contributed by atoms with Gasteiger partial charge in [-0.2, -0.15) is 34.9 Å². The molecular weight excluding hydrogens is 272 g/mol. The molecule has 0 N–H and O–H groups in total. The van der Waals surface area contributed by atoms with Crippen molar-refractivity contribution in [3.8, 4) is 0 Å². The molecule has 0 saturated heterocycles. The van der Waals surface area contributed by atoms with E-state index in [1.54, 1.807) is 0 Å². The summed E-state index contributed by atoms with van der Waals surface area (Å²) in [7, 11) is 0. The maximum atomic E-state index is 2.27. The summed E-state index contributed by atoms with van der Waals surface area (Å²) in [5, 5.41) is 0. The normalized spacial score (nSPS) is 10.4. The molecule has 0 spiro atoms. The van der Waals surface area contributed by atoms with Crippen LogP contribution in [0.15, 0.2) is 42.5 Å². The van der Waals surface area contributed by atoms with E-state index >= 15 is 0 Å². The van der Waals surface area contributed by atoms with E-state index in [2.05, 4.69) is 77.1 Å². The molecular formula is C18H26Fe. The smallest absolute Gasteiger partial charge is 0.213 e. The van der Waals surface area contributed by atoms with Crippen molar-refractivity contribution < 1.29 is 17.1 Å². The molecule has 0 aliphatic carbocycles. The molecule has 0 radical (unpaired) electrons. The zero-order valence-corrected chi connectivity index (χ0v) is 13.9. The van der Waals surface area contributed by atoms with Crippen LogP contribution in [-0.4, -0.2) is 0 Å². The number of rotatable bonds is 2. The quantitative estimate of drug-likeness (QED) is 0.526. The van der Waals surface area contributed by atoms with Crippen LogP contribution in [0.1, 0.15) is 51.3 Å². The Morgan fingerprint density at radius 1 is 1.11 bits per heavy atom. The molecule has 2 aromatic rings. The fourth-order valence-electron chi connectivity index (χ4n) is 2.15. The van der Waals surface area contributed by atoms with E-state index in [1.165, 1.54) is 16.7 Å². The van der Waals surface area contributed by atoms with Crippen LogP contribution in [0.2, 0.25) is 0 Å². The first-order valence-electron chi connectivity index (χ1n) is 6.94. The van der Waals surface area contributed by atoms with Crippen LogP contribution in [0.25, 0.3) is 0 Å². The summed E-state index contributed by atoms with van der Waals surface area (Å²) in [6.07, 6.45) is 2.31. The second kappa shape index (κ2) is 8.40. The van der Waals surface area contributed by atoms with Gasteiger partial charge in [0.1, 0.15) is 0 Å². The minimum Gasteiger partial charge on any atom is -0.213 e. The Kier molecular flexibility index (Phi) is 8.06. The Bertz CT molecular complexity index is 426. The molecule has 0 heterocycles. The van der Waals surface area contributed by atoms with Gasteiger partial charge in [0, 0.05) is 0 Å². The molecule has 0 bridgehead atoms. The average molecular weight is 298 g/mol. The summed E-state index contributed by atoms with van der Waals surface area (Å²) in [4.78, 5) is 0. The molecule has 1 heteroatoms. The summed E-state index contributed by atoms with van der Waals surface area (Å²) in [6.45, 7) is 11.2. The van der Waals surface area contributed by atoms with Crippen molar-refractivity contribution in [1.29, 1.82) is 0 Å². The summed E-state index contributed by atoms with van der Waals surface area (Å²) < 4.78 is 0. The molecule has 0 aliphatic rings. The SMILES string of the molecule is CC[c-]1cccc1C(C)(C)C.CCc1ccc[cH-]1.[Fe+2]. The van der Waals surface area contributed by atoms with Crippen molar-refractivity contribution >= 4 is 0 Å². The van der Waals surface area contributed by atoms with E-state index in [-0.39, 0.29) is 17.1 Å². The molecule has 0 unspecified atom stereocenters. The third kappa shape index (κ3) is 5.80. The summed E-state index contributed by atoms with van der Waals surface area (Å²) in [5.41, 5.74) is 4.74. The third-order valence-corrected chi connectivity index (χ3v) is 3.24. The molecule has 106 valence electrons. The van der Waals surface area contributed by atoms with Gasteiger partial charge in [-0.15, -0.1) is 0 Å². The van der Waals surface area contributed by atoms with Crippen molar-refractivity contribution in [1.82, 2.24) is 0 Å². The molecule has 0 aliphatic heterocycles. The Hall–Kier alpha value is -0.781. The van der Waals surface area contributed by atoms with Gasteiger partial charge in [-0.1, -0.05) is 47.5 Å². The molecule has 0 saturated carbocycles. The van der Waals surface area contributed by atoms with Crippen LogP contribution in [0.3, 0.4) is 0 Å². The fourth-order valence-corrected chi connectivity index (χ4v) is 2.15. The molecule has 0 atom stereocenters. The van der Waals surface area contributed by atoms with E-state index in [4.69, 9.17) is 0 Å². The van der Waals surface area contributed by atoms with Gasteiger partial charge in [0.05, 0.1) is 0 Å². The number of hydrogen-bond donors (Lipinski definition) is 0. The van der Waals surface area contributed by atoms with Crippen molar-refractivity contribution in [2.45, 2.75) is 52.9 Å². The minimum atomic E-state index is 0. The van der Waals surface area contributed by atoms with Crippen molar-refractivity contribution in [3.05, 3.63) is 59.2 Å². The predicted molar refractivity (Wildman–Crippen MR) is 81.5 cm³/mol. The van der Waals surface area contributed by atoms with E-state index < -0.39 is 0 Å². The van der Waals surface area contributed by atoms with Crippen LogP contribution in [0.5, 0.6) is 0 Å². The number of aryl methyl sites for hydroxylation is 2. The van der Waals surface area contributed by atoms with Crippen molar-refractivity contribution in [2.24, 2.45) is 0 Å². The van der Waals surface area contributed by atoms with Gasteiger partial charge in [-0.05, 0) is 5.41 Å². The molecule has 0 aromatic heterocycles. The average Bonchev–Trinajstić information content (AvgIpc) is 2.99. The first-order chi connectivity index (χ1) is 8.49. The Morgan fingerprint density at radius 3 is 2.11 bits per heavy atom. The van der Waals surface area contributed by atoms with Gasteiger partial charge in [0.15, 0.2) is 0 Å². The molecule has 2 aromatic carbocycles. The van der Waals surface area contributed by atoms with E-state index in [9.17, 15) is 0 Å². The second-order valence-corrected chi connectivity index (χ2v) is 5.71. The standard InChI is InChI=1S/C11H17.C7H9.Fe/c1-5-9-7-6-8-10(9)11(2,3)4;1-2-7-5-3-4-6-7;/h6-8H,5H2,1-4H3;3-6H,2H2,1H3;/q2*-1;+2. The van der Waals surface area contributed by atoms with Gasteiger partial charge < -0.3 is 0 Å². The molecule has 19 heavy (non-hydrogen) atoms. The van der Waals surface area contributed by atoms with Crippen LogP contribution < -0.4 is 0 Å². The zero-order chi connectivity index (χ0) is 13.6. The minimum absolute atomic E-state index is 0. The van der Waals surface area contributed by atoms with Gasteiger partial charge in [0.2, 0.25) is 0 Å². The second-order valence-electron chi connectivity index (χ2n) is 5.71. The van der Waals surface area contributed by atoms with Gasteiger partial charge >= 0.3 is 17.1 Å². The van der Waals surface area contributed by atoms with Crippen LogP contribution in [0.4, 0.5) is 0 Å². The molecule has 0 amide bonds. The van der Waals surface area contributed by atoms with E-state index in [1.807, 2.05) is 0 Å². The molecule has 0 fully saturated rings. The topological polar surface area (TPSA) is 0 Å². The van der Waals surface area contributed by atoms with Crippen molar-refractivity contribution in [3.63, 3.8) is 0 Å². The predicted octanol–water partition coefficient (Wildman–Crippen LogP) is 5.23. The van der Waals surface area contributed by atoms with Gasteiger partial charge in [0.25, 0.3) is 0 Å². The van der Waals surface area contributed by atoms with Gasteiger partial charge in [-0.3, -0.25) is 0 Å². The molecule has 0 nitrogen and oxygen atoms in total. The van der Waals surface area contributed by atoms with Crippen LogP contribution in [-0.2, 0) is 35.3 Å². The first-order valence-corrected chi connectivity index (χ1v) is 6.94. The number of hydrogen-bond acceptors (Lipinski definition) is 0. The zero-order valence-electron chi connectivity index (χ0n) is 12.8. The van der Waals surface area contributed by atoms with Gasteiger partial charge in [-0.25, -0.2) is 24.3 Å². The Morgan fingerprint density at radius 2 is 1.79 bits per heavy atom. The third-order valence-electron chi connectivity index (χ3n) is 3.24. The Balaban J connectivity index is 0.000000352. The monoisotopic (exact) mass is 298 g/mol. The summed E-state index contributed by atoms with van der Waals surface area (Å²) in [6, 6.07) is 15.0. The maximum Gasteiger partial charge on any atom is 2.00 e. The maximum absolute atomic E-state index is 2.27. The first kappa shape index (κ1) is 18.2. The summed E-state index contributed by atoms with van der Waals surface area (Å²) in [5.74, 6) is 0. The van der Waals surface area contributed by atoms with Crippen LogP contribution in [0, 0.1) is 0 Å². The fraction of sp³-hybridized carbons (Fsp3) is 0.444. The van der Waals surface area contributed by atoms with E-state index in [0.717, 1.165) is 12.8 Å². The molecule has 2 rings (SSSR count).